The van der Waals surface area contributed by atoms with Crippen molar-refractivity contribution in [1.29, 1.82) is 0 Å². The summed E-state index contributed by atoms with van der Waals surface area (Å²) in [6, 6.07) is 0. The molecule has 1 unspecified atom stereocenters. The van der Waals surface area contributed by atoms with Crippen LogP contribution in [-0.4, -0.2) is 20.6 Å². The van der Waals surface area contributed by atoms with Crippen LogP contribution in [0.25, 0.3) is 0 Å². The van der Waals surface area contributed by atoms with E-state index in [9.17, 15) is 9.90 Å². The van der Waals surface area contributed by atoms with Crippen LogP contribution in [-0.2, 0) is 6.54 Å². The number of carboxylic acids is 1. The molecule has 86 valence electrons. The first kappa shape index (κ1) is 9.87. The average Bonchev–Trinajstić information content (AvgIpc) is 2.99. The highest BCUT2D eigenvalue weighted by Gasteiger charge is 2.35. The van der Waals surface area contributed by atoms with Crippen molar-refractivity contribution in [2.75, 3.05) is 0 Å². The maximum atomic E-state index is 11.2. The minimum absolute atomic E-state index is 0.300. The molecule has 0 aromatic carbocycles. The molecule has 4 heteroatoms. The molecule has 1 aliphatic carbocycles. The van der Waals surface area contributed by atoms with Crippen LogP contribution in [0.3, 0.4) is 0 Å². The Balaban J connectivity index is 2.15. The van der Waals surface area contributed by atoms with Crippen molar-refractivity contribution >= 4 is 5.97 Å². The summed E-state index contributed by atoms with van der Waals surface area (Å²) in [5.74, 6) is 1.01. The van der Waals surface area contributed by atoms with Gasteiger partial charge in [-0.3, -0.25) is 0 Å². The number of nitrogens with zero attached hydrogens (tertiary/aromatic N) is 2. The predicted octanol–water partition coefficient (Wildman–Crippen LogP) is 2.36. The van der Waals surface area contributed by atoms with Gasteiger partial charge in [0.25, 0.3) is 0 Å². The van der Waals surface area contributed by atoms with E-state index in [4.69, 9.17) is 0 Å². The van der Waals surface area contributed by atoms with E-state index >= 15 is 0 Å². The van der Waals surface area contributed by atoms with Gasteiger partial charge in [0.15, 0.2) is 5.69 Å². The third-order valence-corrected chi connectivity index (χ3v) is 3.67. The van der Waals surface area contributed by atoms with Gasteiger partial charge in [-0.25, -0.2) is 9.78 Å². The van der Waals surface area contributed by atoms with Crippen molar-refractivity contribution in [3.05, 3.63) is 17.2 Å². The molecule has 0 amide bonds. The van der Waals surface area contributed by atoms with E-state index in [1.54, 1.807) is 0 Å². The van der Waals surface area contributed by atoms with E-state index in [0.717, 1.165) is 30.9 Å². The number of hydrogen-bond donors (Lipinski definition) is 1. The number of aromatic carboxylic acids is 1. The fourth-order valence-electron chi connectivity index (χ4n) is 2.72. The quantitative estimate of drug-likeness (QED) is 0.832. The molecule has 1 N–H and O–H groups in total. The van der Waals surface area contributed by atoms with Gasteiger partial charge in [0.05, 0.1) is 5.69 Å². The van der Waals surface area contributed by atoms with Crippen LogP contribution < -0.4 is 0 Å². The van der Waals surface area contributed by atoms with E-state index in [-0.39, 0.29) is 0 Å². The molecule has 0 spiro atoms. The number of rotatable bonds is 2. The first-order valence-corrected chi connectivity index (χ1v) is 6.02. The zero-order valence-electron chi connectivity index (χ0n) is 9.44. The minimum Gasteiger partial charge on any atom is -0.476 e. The third kappa shape index (κ3) is 1.36. The molecule has 0 bridgehead atoms. The second-order valence-corrected chi connectivity index (χ2v) is 4.98. The number of hydrogen-bond acceptors (Lipinski definition) is 2. The largest absolute Gasteiger partial charge is 0.476 e. The summed E-state index contributed by atoms with van der Waals surface area (Å²) in [5, 5.41) is 9.20. The summed E-state index contributed by atoms with van der Waals surface area (Å²) < 4.78 is 2.18. The highest BCUT2D eigenvalue weighted by molar-refractivity contribution is 5.87. The van der Waals surface area contributed by atoms with Gasteiger partial charge in [0, 0.05) is 12.5 Å². The molecule has 16 heavy (non-hydrogen) atoms. The average molecular weight is 220 g/mol. The number of carboxylic acid groups (broad SMARTS) is 1. The van der Waals surface area contributed by atoms with Gasteiger partial charge < -0.3 is 9.67 Å². The minimum atomic E-state index is -0.871. The molecule has 2 heterocycles. The van der Waals surface area contributed by atoms with Crippen molar-refractivity contribution < 1.29 is 9.90 Å². The Morgan fingerprint density at radius 3 is 2.81 bits per heavy atom. The van der Waals surface area contributed by atoms with Gasteiger partial charge in [0.1, 0.15) is 5.82 Å². The van der Waals surface area contributed by atoms with E-state index in [2.05, 4.69) is 16.5 Å². The van der Waals surface area contributed by atoms with Crippen LogP contribution in [0.5, 0.6) is 0 Å². The van der Waals surface area contributed by atoms with Crippen molar-refractivity contribution in [3.8, 4) is 0 Å². The lowest BCUT2D eigenvalue weighted by Crippen LogP contribution is -2.17. The Morgan fingerprint density at radius 2 is 2.19 bits per heavy atom. The molecular weight excluding hydrogens is 204 g/mol. The van der Waals surface area contributed by atoms with E-state index < -0.39 is 5.97 Å². The van der Waals surface area contributed by atoms with Gasteiger partial charge in [-0.1, -0.05) is 6.92 Å². The van der Waals surface area contributed by atoms with Crippen molar-refractivity contribution in [2.24, 2.45) is 0 Å². The normalized spacial score (nSPS) is 24.2. The second-order valence-electron chi connectivity index (χ2n) is 4.98. The SMILES string of the molecule is CC1CCCn2c(C3CC3)nc(C(=O)O)c21. The van der Waals surface area contributed by atoms with Gasteiger partial charge >= 0.3 is 5.97 Å². The molecule has 1 atom stereocenters. The maximum Gasteiger partial charge on any atom is 0.356 e. The van der Waals surface area contributed by atoms with Crippen molar-refractivity contribution in [2.45, 2.75) is 51.0 Å². The van der Waals surface area contributed by atoms with Gasteiger partial charge in [-0.05, 0) is 31.6 Å². The van der Waals surface area contributed by atoms with Crippen LogP contribution in [0, 0.1) is 0 Å². The predicted molar refractivity (Wildman–Crippen MR) is 58.8 cm³/mol. The fourth-order valence-corrected chi connectivity index (χ4v) is 2.72. The second kappa shape index (κ2) is 3.34. The van der Waals surface area contributed by atoms with Gasteiger partial charge in [0.2, 0.25) is 0 Å². The summed E-state index contributed by atoms with van der Waals surface area (Å²) in [5.41, 5.74) is 1.26. The Hall–Kier alpha value is -1.32. The van der Waals surface area contributed by atoms with Gasteiger partial charge in [-0.15, -0.1) is 0 Å². The number of fused-ring (bicyclic) bond motifs is 1. The highest BCUT2D eigenvalue weighted by atomic mass is 16.4. The standard InChI is InChI=1S/C12H16N2O2/c1-7-3-2-6-14-10(7)9(12(15)16)13-11(14)8-4-5-8/h7-8H,2-6H2,1H3,(H,15,16). The lowest BCUT2D eigenvalue weighted by atomic mass is 9.96. The summed E-state index contributed by atoms with van der Waals surface area (Å²) in [7, 11) is 0. The molecule has 1 fully saturated rings. The zero-order chi connectivity index (χ0) is 11.3. The molecule has 1 aromatic heterocycles. The summed E-state index contributed by atoms with van der Waals surface area (Å²) >= 11 is 0. The van der Waals surface area contributed by atoms with Crippen molar-refractivity contribution in [3.63, 3.8) is 0 Å². The molecule has 3 rings (SSSR count). The monoisotopic (exact) mass is 220 g/mol. The Morgan fingerprint density at radius 1 is 1.44 bits per heavy atom. The van der Waals surface area contributed by atoms with Crippen LogP contribution in [0.15, 0.2) is 0 Å². The van der Waals surface area contributed by atoms with Crippen LogP contribution in [0.2, 0.25) is 0 Å². The summed E-state index contributed by atoms with van der Waals surface area (Å²) in [6.07, 6.45) is 4.56. The fraction of sp³-hybridized carbons (Fsp3) is 0.667. The molecule has 1 aliphatic heterocycles. The molecule has 4 nitrogen and oxygen atoms in total. The maximum absolute atomic E-state index is 11.2. The lowest BCUT2D eigenvalue weighted by molar-refractivity contribution is 0.0688. The number of carbonyl (C=O) groups is 1. The molecule has 0 saturated heterocycles. The highest BCUT2D eigenvalue weighted by Crippen LogP contribution is 2.42. The Bertz CT molecular complexity index is 446. The van der Waals surface area contributed by atoms with E-state index in [1.807, 2.05) is 0 Å². The number of imidazole rings is 1. The van der Waals surface area contributed by atoms with Crippen LogP contribution >= 0.6 is 0 Å². The zero-order valence-corrected chi connectivity index (χ0v) is 9.44. The van der Waals surface area contributed by atoms with E-state index in [0.29, 0.717) is 17.5 Å². The third-order valence-electron chi connectivity index (χ3n) is 3.67. The van der Waals surface area contributed by atoms with Crippen molar-refractivity contribution in [1.82, 2.24) is 9.55 Å². The summed E-state index contributed by atoms with van der Waals surface area (Å²) in [6.45, 7) is 3.06. The lowest BCUT2D eigenvalue weighted by Gasteiger charge is -2.22. The molecule has 1 aromatic rings. The number of aromatic nitrogens is 2. The molecule has 1 saturated carbocycles. The molecule has 0 radical (unpaired) electrons. The smallest absolute Gasteiger partial charge is 0.356 e. The molecular formula is C12H16N2O2. The first-order valence-electron chi connectivity index (χ1n) is 6.02. The Labute approximate surface area is 94.3 Å². The van der Waals surface area contributed by atoms with Crippen LogP contribution in [0.1, 0.15) is 66.4 Å². The van der Waals surface area contributed by atoms with E-state index in [1.165, 1.54) is 12.8 Å². The summed E-state index contributed by atoms with van der Waals surface area (Å²) in [4.78, 5) is 15.6. The Kier molecular flexibility index (Phi) is 2.06. The molecule has 2 aliphatic rings. The topological polar surface area (TPSA) is 55.1 Å². The van der Waals surface area contributed by atoms with Gasteiger partial charge in [-0.2, -0.15) is 0 Å². The first-order chi connectivity index (χ1) is 7.68. The van der Waals surface area contributed by atoms with Crippen LogP contribution in [0.4, 0.5) is 0 Å².